The molecule has 0 amide bonds. The van der Waals surface area contributed by atoms with Crippen LogP contribution in [0, 0.1) is 0 Å². The number of rotatable bonds is 4. The van der Waals surface area contributed by atoms with Gasteiger partial charge in [0.1, 0.15) is 11.2 Å². The molecule has 13 rings (SSSR count). The van der Waals surface area contributed by atoms with Crippen molar-refractivity contribution in [1.82, 2.24) is 0 Å². The molecule has 1 nitrogen and oxygen atoms in total. The molecule has 1 aromatic heterocycles. The maximum absolute atomic E-state index is 6.82. The van der Waals surface area contributed by atoms with Gasteiger partial charge in [0.2, 0.25) is 0 Å². The third-order valence-electron chi connectivity index (χ3n) is 13.1. The molecular formula is C59H36O. The summed E-state index contributed by atoms with van der Waals surface area (Å²) in [6, 6.07) is 76.1. The molecule has 1 heterocycles. The lowest BCUT2D eigenvalue weighted by Gasteiger charge is -2.20. The van der Waals surface area contributed by atoms with Crippen LogP contribution in [0.2, 0.25) is 0 Å². The molecular weight excluding hydrogens is 725 g/mol. The lowest BCUT2D eigenvalue weighted by molar-refractivity contribution is 0.670. The second kappa shape index (κ2) is 12.9. The van der Waals surface area contributed by atoms with Crippen molar-refractivity contribution in [3.05, 3.63) is 217 Å². The fourth-order valence-electron chi connectivity index (χ4n) is 10.5. The Hall–Kier alpha value is -7.74. The number of hydrogen-bond donors (Lipinski definition) is 0. The predicted octanol–water partition coefficient (Wildman–Crippen LogP) is 16.4. The Morgan fingerprint density at radius 2 is 0.817 bits per heavy atom. The predicted molar refractivity (Wildman–Crippen MR) is 254 cm³/mol. The molecule has 12 aromatic rings. The molecule has 0 N–H and O–H groups in total. The Morgan fingerprint density at radius 3 is 1.58 bits per heavy atom. The van der Waals surface area contributed by atoms with Gasteiger partial charge in [-0.25, -0.2) is 0 Å². The summed E-state index contributed by atoms with van der Waals surface area (Å²) in [5, 5.41) is 12.2. The zero-order chi connectivity index (χ0) is 39.3. The number of benzene rings is 11. The summed E-state index contributed by atoms with van der Waals surface area (Å²) in [5.41, 5.74) is 17.0. The minimum Gasteiger partial charge on any atom is -0.455 e. The SMILES string of the molecule is c1ccc2c(c1)Cc1c-2cccc1-c1cc(-c2cc(-c3c4ccccc4c(-c4cccc5ccccc45)c4ccccc34)cc3ccccc23)cc2c1oc1ccccc12. The molecule has 1 aliphatic carbocycles. The molecule has 1 heteroatoms. The van der Waals surface area contributed by atoms with Crippen LogP contribution in [0.4, 0.5) is 0 Å². The molecule has 1 aliphatic rings. The van der Waals surface area contributed by atoms with Crippen molar-refractivity contribution in [2.24, 2.45) is 0 Å². The minimum absolute atomic E-state index is 0.904. The number of furan rings is 1. The molecule has 0 fully saturated rings. The highest BCUT2D eigenvalue weighted by Crippen LogP contribution is 2.49. The molecule has 0 aliphatic heterocycles. The van der Waals surface area contributed by atoms with Gasteiger partial charge in [0, 0.05) is 16.3 Å². The van der Waals surface area contributed by atoms with Gasteiger partial charge in [-0.1, -0.05) is 176 Å². The highest BCUT2D eigenvalue weighted by Gasteiger charge is 2.25. The van der Waals surface area contributed by atoms with E-state index in [1.807, 2.05) is 0 Å². The van der Waals surface area contributed by atoms with Crippen LogP contribution in [0.15, 0.2) is 211 Å². The van der Waals surface area contributed by atoms with Gasteiger partial charge in [-0.05, 0) is 141 Å². The van der Waals surface area contributed by atoms with E-state index >= 15 is 0 Å². The van der Waals surface area contributed by atoms with Gasteiger partial charge in [0.15, 0.2) is 0 Å². The summed E-state index contributed by atoms with van der Waals surface area (Å²) < 4.78 is 6.82. The van der Waals surface area contributed by atoms with Crippen molar-refractivity contribution in [1.29, 1.82) is 0 Å². The van der Waals surface area contributed by atoms with Gasteiger partial charge in [0.05, 0.1) is 0 Å². The molecule has 60 heavy (non-hydrogen) atoms. The highest BCUT2D eigenvalue weighted by molar-refractivity contribution is 6.24. The van der Waals surface area contributed by atoms with Crippen LogP contribution in [-0.4, -0.2) is 0 Å². The van der Waals surface area contributed by atoms with E-state index in [0.29, 0.717) is 0 Å². The lowest BCUT2D eigenvalue weighted by Crippen LogP contribution is -1.93. The third-order valence-corrected chi connectivity index (χ3v) is 13.1. The molecule has 0 bridgehead atoms. The van der Waals surface area contributed by atoms with Crippen molar-refractivity contribution < 1.29 is 4.42 Å². The molecule has 0 atom stereocenters. The van der Waals surface area contributed by atoms with E-state index in [1.54, 1.807) is 0 Å². The smallest absolute Gasteiger partial charge is 0.143 e. The maximum atomic E-state index is 6.82. The van der Waals surface area contributed by atoms with Crippen LogP contribution in [0.1, 0.15) is 11.1 Å². The maximum Gasteiger partial charge on any atom is 0.143 e. The van der Waals surface area contributed by atoms with E-state index in [4.69, 9.17) is 4.42 Å². The molecule has 0 radical (unpaired) electrons. The zero-order valence-electron chi connectivity index (χ0n) is 32.7. The van der Waals surface area contributed by atoms with E-state index in [9.17, 15) is 0 Å². The van der Waals surface area contributed by atoms with Crippen LogP contribution in [0.5, 0.6) is 0 Å². The zero-order valence-corrected chi connectivity index (χ0v) is 32.7. The largest absolute Gasteiger partial charge is 0.455 e. The first-order chi connectivity index (χ1) is 29.8. The van der Waals surface area contributed by atoms with Crippen molar-refractivity contribution >= 4 is 65.0 Å². The average molecular weight is 761 g/mol. The van der Waals surface area contributed by atoms with Crippen LogP contribution in [0.3, 0.4) is 0 Å². The van der Waals surface area contributed by atoms with Crippen molar-refractivity contribution in [2.45, 2.75) is 6.42 Å². The highest BCUT2D eigenvalue weighted by atomic mass is 16.3. The van der Waals surface area contributed by atoms with Crippen LogP contribution < -0.4 is 0 Å². The second-order valence-electron chi connectivity index (χ2n) is 16.3. The lowest BCUT2D eigenvalue weighted by atomic mass is 9.83. The summed E-state index contributed by atoms with van der Waals surface area (Å²) in [6.45, 7) is 0. The molecule has 0 saturated heterocycles. The summed E-state index contributed by atoms with van der Waals surface area (Å²) >= 11 is 0. The van der Waals surface area contributed by atoms with Crippen molar-refractivity contribution in [2.75, 3.05) is 0 Å². The molecule has 11 aromatic carbocycles. The van der Waals surface area contributed by atoms with Gasteiger partial charge in [-0.3, -0.25) is 0 Å². The fourth-order valence-corrected chi connectivity index (χ4v) is 10.5. The Labute approximate surface area is 347 Å². The first-order valence-electron chi connectivity index (χ1n) is 20.9. The van der Waals surface area contributed by atoms with Gasteiger partial charge in [-0.2, -0.15) is 0 Å². The molecule has 0 spiro atoms. The van der Waals surface area contributed by atoms with Crippen LogP contribution in [0.25, 0.3) is 121 Å². The fraction of sp³-hybridized carbons (Fsp3) is 0.0169. The quantitative estimate of drug-likeness (QED) is 0.163. The van der Waals surface area contributed by atoms with E-state index in [0.717, 1.165) is 33.9 Å². The molecule has 0 saturated carbocycles. The summed E-state index contributed by atoms with van der Waals surface area (Å²) in [6.07, 6.45) is 0.904. The van der Waals surface area contributed by atoms with Crippen molar-refractivity contribution in [3.63, 3.8) is 0 Å². The standard InChI is InChI=1S/C59H36O/c1-4-19-41-36(15-1)18-13-29-47(41)58-50-25-9-7-23-48(50)57(49-24-8-10-26-51(49)58)40-31-37-16-2-6-21-43(37)52(35-40)39-33-54(59-55(34-39)46-22-11-12-30-56(46)60-59)45-28-14-27-44-42-20-5-3-17-38(42)32-53(44)45/h1-31,33-35H,32H2. The Bertz CT molecular complexity index is 3690. The summed E-state index contributed by atoms with van der Waals surface area (Å²) in [4.78, 5) is 0. The number of para-hydroxylation sites is 1. The van der Waals surface area contributed by atoms with Crippen LogP contribution in [-0.2, 0) is 6.42 Å². The average Bonchev–Trinajstić information content (AvgIpc) is 3.89. The Kier molecular flexibility index (Phi) is 7.14. The second-order valence-corrected chi connectivity index (χ2v) is 16.3. The Balaban J connectivity index is 1.11. The van der Waals surface area contributed by atoms with Crippen LogP contribution >= 0.6 is 0 Å². The van der Waals surface area contributed by atoms with Gasteiger partial charge in [0.25, 0.3) is 0 Å². The van der Waals surface area contributed by atoms with Crippen molar-refractivity contribution in [3.8, 4) is 55.6 Å². The van der Waals surface area contributed by atoms with Gasteiger partial charge < -0.3 is 4.42 Å². The first kappa shape index (κ1) is 33.3. The summed E-state index contributed by atoms with van der Waals surface area (Å²) in [7, 11) is 0. The molecule has 278 valence electrons. The summed E-state index contributed by atoms with van der Waals surface area (Å²) in [5.74, 6) is 0. The number of fused-ring (bicyclic) bond motifs is 10. The third kappa shape index (κ3) is 4.87. The van der Waals surface area contributed by atoms with E-state index in [2.05, 4.69) is 206 Å². The Morgan fingerprint density at radius 1 is 0.300 bits per heavy atom. The van der Waals surface area contributed by atoms with E-state index < -0.39 is 0 Å². The number of hydrogen-bond acceptors (Lipinski definition) is 1. The van der Waals surface area contributed by atoms with Gasteiger partial charge >= 0.3 is 0 Å². The van der Waals surface area contributed by atoms with Gasteiger partial charge in [-0.15, -0.1) is 0 Å². The van der Waals surface area contributed by atoms with E-state index in [1.165, 1.54) is 104 Å². The minimum atomic E-state index is 0.904. The first-order valence-corrected chi connectivity index (χ1v) is 20.9. The van der Waals surface area contributed by atoms with E-state index in [-0.39, 0.29) is 0 Å². The topological polar surface area (TPSA) is 13.1 Å². The monoisotopic (exact) mass is 760 g/mol. The normalized spacial score (nSPS) is 12.3. The molecule has 0 unspecified atom stereocenters.